The summed E-state index contributed by atoms with van der Waals surface area (Å²) in [5.41, 5.74) is -0.296. The van der Waals surface area contributed by atoms with Gasteiger partial charge in [0.2, 0.25) is 11.7 Å². The molecule has 1 aromatic rings. The molecule has 0 amide bonds. The largest absolute Gasteiger partial charge is 0.370 e. The molecule has 1 aliphatic carbocycles. The summed E-state index contributed by atoms with van der Waals surface area (Å²) in [5.74, 6) is 1.55. The van der Waals surface area contributed by atoms with Crippen molar-refractivity contribution >= 4 is 0 Å². The van der Waals surface area contributed by atoms with Crippen LogP contribution in [0.1, 0.15) is 63.6 Å². The van der Waals surface area contributed by atoms with Crippen LogP contribution in [0.25, 0.3) is 0 Å². The summed E-state index contributed by atoms with van der Waals surface area (Å²) in [6.45, 7) is 4.16. The molecule has 5 nitrogen and oxygen atoms in total. The molecular formula is C15H25N3O2. The molecular weight excluding hydrogens is 254 g/mol. The van der Waals surface area contributed by atoms with E-state index in [0.29, 0.717) is 0 Å². The molecule has 2 aliphatic rings. The van der Waals surface area contributed by atoms with Crippen LogP contribution < -0.4 is 5.32 Å². The zero-order chi connectivity index (χ0) is 14.1. The monoisotopic (exact) mass is 279 g/mol. The predicted octanol–water partition coefficient (Wildman–Crippen LogP) is 2.52. The zero-order valence-corrected chi connectivity index (χ0v) is 12.6. The molecule has 2 fully saturated rings. The Balaban J connectivity index is 1.89. The van der Waals surface area contributed by atoms with E-state index in [9.17, 15) is 0 Å². The number of methoxy groups -OCH3 is 1. The number of aromatic nitrogens is 2. The first-order chi connectivity index (χ1) is 9.75. The van der Waals surface area contributed by atoms with Crippen molar-refractivity contribution in [2.75, 3.05) is 20.2 Å². The molecule has 0 spiro atoms. The maximum atomic E-state index is 5.81. The molecule has 1 aliphatic heterocycles. The minimum absolute atomic E-state index is 0.0227. The lowest BCUT2D eigenvalue weighted by atomic mass is 9.83. The van der Waals surface area contributed by atoms with Crippen LogP contribution in [0.3, 0.4) is 0 Å². The SMILES string of the molecule is CCC1(c2nc(C3(OC)CCCCC3)no2)CCNC1. The predicted molar refractivity (Wildman–Crippen MR) is 75.5 cm³/mol. The molecule has 20 heavy (non-hydrogen) atoms. The highest BCUT2D eigenvalue weighted by Crippen LogP contribution is 2.40. The Bertz CT molecular complexity index is 446. The average molecular weight is 279 g/mol. The first-order valence-corrected chi connectivity index (χ1v) is 7.85. The number of ether oxygens (including phenoxy) is 1. The molecule has 1 atom stereocenters. The van der Waals surface area contributed by atoms with Crippen molar-refractivity contribution in [2.24, 2.45) is 0 Å². The third-order valence-electron chi connectivity index (χ3n) is 5.26. The number of nitrogens with one attached hydrogen (secondary N) is 1. The molecule has 1 N–H and O–H groups in total. The van der Waals surface area contributed by atoms with Gasteiger partial charge in [-0.1, -0.05) is 31.3 Å². The van der Waals surface area contributed by atoms with E-state index in [1.54, 1.807) is 7.11 Å². The lowest BCUT2D eigenvalue weighted by Crippen LogP contribution is -2.33. The second-order valence-electron chi connectivity index (χ2n) is 6.24. The lowest BCUT2D eigenvalue weighted by Gasteiger charge is -2.32. The van der Waals surface area contributed by atoms with Crippen molar-refractivity contribution < 1.29 is 9.26 Å². The van der Waals surface area contributed by atoms with Crippen molar-refractivity contribution in [3.8, 4) is 0 Å². The zero-order valence-electron chi connectivity index (χ0n) is 12.6. The second kappa shape index (κ2) is 5.45. The van der Waals surface area contributed by atoms with Crippen molar-refractivity contribution in [2.45, 2.75) is 62.9 Å². The van der Waals surface area contributed by atoms with Crippen LogP contribution in [-0.2, 0) is 15.8 Å². The average Bonchev–Trinajstić information content (AvgIpc) is 3.17. The van der Waals surface area contributed by atoms with Crippen LogP contribution in [0, 0.1) is 0 Å². The maximum Gasteiger partial charge on any atom is 0.234 e. The summed E-state index contributed by atoms with van der Waals surface area (Å²) < 4.78 is 11.4. The molecule has 2 heterocycles. The van der Waals surface area contributed by atoms with Crippen LogP contribution >= 0.6 is 0 Å². The third kappa shape index (κ3) is 2.17. The van der Waals surface area contributed by atoms with Crippen LogP contribution in [0.2, 0.25) is 0 Å². The standard InChI is InChI=1S/C15H25N3O2/c1-3-14(9-10-16-11-14)13-17-12(18-20-13)15(19-2)7-5-4-6-8-15/h16H,3-11H2,1-2H3. The van der Waals surface area contributed by atoms with Gasteiger partial charge in [-0.3, -0.25) is 0 Å². The van der Waals surface area contributed by atoms with Gasteiger partial charge in [-0.05, 0) is 32.2 Å². The molecule has 1 saturated carbocycles. The van der Waals surface area contributed by atoms with Gasteiger partial charge in [0.25, 0.3) is 0 Å². The topological polar surface area (TPSA) is 60.2 Å². The molecule has 0 aromatic carbocycles. The van der Waals surface area contributed by atoms with E-state index in [1.807, 2.05) is 0 Å². The fourth-order valence-corrected chi connectivity index (χ4v) is 3.65. The second-order valence-corrected chi connectivity index (χ2v) is 6.24. The van der Waals surface area contributed by atoms with Gasteiger partial charge in [-0.25, -0.2) is 0 Å². The van der Waals surface area contributed by atoms with Gasteiger partial charge >= 0.3 is 0 Å². The van der Waals surface area contributed by atoms with E-state index in [4.69, 9.17) is 14.2 Å². The molecule has 3 rings (SSSR count). The molecule has 1 aromatic heterocycles. The number of nitrogens with zero attached hydrogens (tertiary/aromatic N) is 2. The van der Waals surface area contributed by atoms with Crippen molar-refractivity contribution in [3.63, 3.8) is 0 Å². The van der Waals surface area contributed by atoms with E-state index >= 15 is 0 Å². The molecule has 5 heteroatoms. The highest BCUT2D eigenvalue weighted by molar-refractivity contribution is 5.12. The quantitative estimate of drug-likeness (QED) is 0.917. The van der Waals surface area contributed by atoms with Crippen molar-refractivity contribution in [1.29, 1.82) is 0 Å². The third-order valence-corrected chi connectivity index (χ3v) is 5.26. The van der Waals surface area contributed by atoms with Gasteiger partial charge < -0.3 is 14.6 Å². The minimum atomic E-state index is -0.318. The van der Waals surface area contributed by atoms with E-state index in [2.05, 4.69) is 17.4 Å². The Kier molecular flexibility index (Phi) is 3.82. The van der Waals surface area contributed by atoms with Crippen LogP contribution in [-0.4, -0.2) is 30.3 Å². The van der Waals surface area contributed by atoms with Gasteiger partial charge in [-0.2, -0.15) is 4.98 Å². The highest BCUT2D eigenvalue weighted by Gasteiger charge is 2.43. The Morgan fingerprint density at radius 1 is 1.25 bits per heavy atom. The Morgan fingerprint density at radius 2 is 2.05 bits per heavy atom. The maximum absolute atomic E-state index is 5.81. The molecule has 0 bridgehead atoms. The number of hydrogen-bond acceptors (Lipinski definition) is 5. The summed E-state index contributed by atoms with van der Waals surface area (Å²) in [7, 11) is 1.77. The fourth-order valence-electron chi connectivity index (χ4n) is 3.65. The lowest BCUT2D eigenvalue weighted by molar-refractivity contribution is -0.0527. The summed E-state index contributed by atoms with van der Waals surface area (Å²) in [4.78, 5) is 4.76. The van der Waals surface area contributed by atoms with Gasteiger partial charge in [0, 0.05) is 13.7 Å². The molecule has 0 radical (unpaired) electrons. The summed E-state index contributed by atoms with van der Waals surface area (Å²) in [5, 5.41) is 7.70. The Morgan fingerprint density at radius 3 is 2.65 bits per heavy atom. The summed E-state index contributed by atoms with van der Waals surface area (Å²) in [6, 6.07) is 0. The molecule has 1 unspecified atom stereocenters. The van der Waals surface area contributed by atoms with Gasteiger partial charge in [-0.15, -0.1) is 0 Å². The Hall–Kier alpha value is -0.940. The smallest absolute Gasteiger partial charge is 0.234 e. The number of hydrogen-bond donors (Lipinski definition) is 1. The van der Waals surface area contributed by atoms with E-state index in [0.717, 1.165) is 50.5 Å². The van der Waals surface area contributed by atoms with E-state index in [1.165, 1.54) is 19.3 Å². The first kappa shape index (κ1) is 14.0. The summed E-state index contributed by atoms with van der Waals surface area (Å²) in [6.07, 6.45) is 7.74. The van der Waals surface area contributed by atoms with Crippen LogP contribution in [0.4, 0.5) is 0 Å². The first-order valence-electron chi connectivity index (χ1n) is 7.85. The van der Waals surface area contributed by atoms with Gasteiger partial charge in [0.05, 0.1) is 5.41 Å². The normalized spacial score (nSPS) is 29.7. The van der Waals surface area contributed by atoms with Crippen molar-refractivity contribution in [3.05, 3.63) is 11.7 Å². The Labute approximate surface area is 120 Å². The van der Waals surface area contributed by atoms with Crippen molar-refractivity contribution in [1.82, 2.24) is 15.5 Å². The van der Waals surface area contributed by atoms with E-state index in [-0.39, 0.29) is 11.0 Å². The molecule has 1 saturated heterocycles. The van der Waals surface area contributed by atoms with E-state index < -0.39 is 0 Å². The highest BCUT2D eigenvalue weighted by atomic mass is 16.5. The van der Waals surface area contributed by atoms with Crippen LogP contribution in [0.15, 0.2) is 4.52 Å². The summed E-state index contributed by atoms with van der Waals surface area (Å²) >= 11 is 0. The minimum Gasteiger partial charge on any atom is -0.370 e. The van der Waals surface area contributed by atoms with Crippen LogP contribution in [0.5, 0.6) is 0 Å². The fraction of sp³-hybridized carbons (Fsp3) is 0.867. The number of rotatable bonds is 4. The molecule has 112 valence electrons. The van der Waals surface area contributed by atoms with Gasteiger partial charge in [0.15, 0.2) is 0 Å². The van der Waals surface area contributed by atoms with Gasteiger partial charge in [0.1, 0.15) is 5.60 Å².